The highest BCUT2D eigenvalue weighted by molar-refractivity contribution is 7.99. The van der Waals surface area contributed by atoms with Gasteiger partial charge in [-0.15, -0.1) is 0 Å². The van der Waals surface area contributed by atoms with E-state index in [1.54, 1.807) is 0 Å². The molecule has 4 rings (SSSR count). The monoisotopic (exact) mass is 452 g/mol. The second-order valence-corrected chi connectivity index (χ2v) is 8.84. The molecule has 0 bridgehead atoms. The third-order valence-electron chi connectivity index (χ3n) is 5.36. The molecule has 5 unspecified atom stereocenters. The Bertz CT molecular complexity index is 925. The van der Waals surface area contributed by atoms with Crippen molar-refractivity contribution in [3.05, 3.63) is 102 Å². The molecule has 0 radical (unpaired) electrons. The molecule has 5 atom stereocenters. The summed E-state index contributed by atoms with van der Waals surface area (Å²) in [7, 11) is 0. The lowest BCUT2D eigenvalue weighted by Gasteiger charge is -2.43. The maximum Gasteiger partial charge on any atom is 0.137 e. The van der Waals surface area contributed by atoms with Crippen LogP contribution in [0, 0.1) is 0 Å². The van der Waals surface area contributed by atoms with E-state index in [1.165, 1.54) is 11.8 Å². The van der Waals surface area contributed by atoms with E-state index in [9.17, 15) is 10.2 Å². The van der Waals surface area contributed by atoms with Gasteiger partial charge in [-0.1, -0.05) is 90.6 Å². The summed E-state index contributed by atoms with van der Waals surface area (Å²) in [6.45, 7) is 0.390. The number of benzene rings is 3. The first-order valence-corrected chi connectivity index (χ1v) is 11.6. The third-order valence-corrected chi connectivity index (χ3v) is 6.52. The number of aliphatic hydroxyl groups excluding tert-OH is 2. The second kappa shape index (κ2) is 11.6. The first kappa shape index (κ1) is 23.0. The van der Waals surface area contributed by atoms with E-state index in [-0.39, 0.29) is 6.61 Å². The zero-order chi connectivity index (χ0) is 22.2. The van der Waals surface area contributed by atoms with Crippen LogP contribution in [0.5, 0.6) is 0 Å². The molecule has 0 aromatic heterocycles. The van der Waals surface area contributed by atoms with Gasteiger partial charge in [0.2, 0.25) is 0 Å². The van der Waals surface area contributed by atoms with Crippen LogP contribution in [0.1, 0.15) is 11.1 Å². The predicted molar refractivity (Wildman–Crippen MR) is 124 cm³/mol. The third kappa shape index (κ3) is 5.98. The largest absolute Gasteiger partial charge is 0.394 e. The van der Waals surface area contributed by atoms with E-state index in [0.29, 0.717) is 13.2 Å². The van der Waals surface area contributed by atoms with Crippen molar-refractivity contribution in [1.29, 1.82) is 0 Å². The average Bonchev–Trinajstić information content (AvgIpc) is 2.85. The Morgan fingerprint density at radius 2 is 1.22 bits per heavy atom. The molecule has 1 saturated heterocycles. The summed E-state index contributed by atoms with van der Waals surface area (Å²) >= 11 is 1.50. The van der Waals surface area contributed by atoms with Crippen molar-refractivity contribution in [2.45, 2.75) is 48.0 Å². The first-order valence-electron chi connectivity index (χ1n) is 10.7. The van der Waals surface area contributed by atoms with Crippen LogP contribution in [0.15, 0.2) is 95.9 Å². The van der Waals surface area contributed by atoms with Crippen molar-refractivity contribution in [1.82, 2.24) is 0 Å². The maximum absolute atomic E-state index is 11.0. The van der Waals surface area contributed by atoms with Crippen molar-refractivity contribution >= 4 is 11.8 Å². The van der Waals surface area contributed by atoms with E-state index in [4.69, 9.17) is 14.2 Å². The quantitative estimate of drug-likeness (QED) is 0.511. The second-order valence-electron chi connectivity index (χ2n) is 7.67. The molecule has 0 spiro atoms. The highest BCUT2D eigenvalue weighted by atomic mass is 32.2. The average molecular weight is 453 g/mol. The maximum atomic E-state index is 11.0. The lowest BCUT2D eigenvalue weighted by molar-refractivity contribution is -0.237. The fourth-order valence-corrected chi connectivity index (χ4v) is 4.82. The molecule has 0 aliphatic carbocycles. The van der Waals surface area contributed by atoms with Gasteiger partial charge in [0.1, 0.15) is 29.9 Å². The molecule has 32 heavy (non-hydrogen) atoms. The number of thioether (sulfide) groups is 1. The minimum absolute atomic E-state index is 0.302. The fraction of sp³-hybridized carbons (Fsp3) is 0.308. The molecule has 3 aromatic rings. The molecule has 0 amide bonds. The van der Waals surface area contributed by atoms with Crippen LogP contribution < -0.4 is 0 Å². The Balaban J connectivity index is 1.56. The van der Waals surface area contributed by atoms with Gasteiger partial charge in [0.25, 0.3) is 0 Å². The van der Waals surface area contributed by atoms with Crippen molar-refractivity contribution in [2.75, 3.05) is 6.61 Å². The van der Waals surface area contributed by atoms with Gasteiger partial charge in [-0.2, -0.15) is 0 Å². The predicted octanol–water partition coefficient (Wildman–Crippen LogP) is 4.03. The van der Waals surface area contributed by atoms with E-state index in [1.807, 2.05) is 91.0 Å². The molecule has 2 N–H and O–H groups in total. The molecule has 1 aliphatic rings. The number of hydrogen-bond donors (Lipinski definition) is 2. The van der Waals surface area contributed by atoms with Gasteiger partial charge in [0.05, 0.1) is 19.8 Å². The van der Waals surface area contributed by atoms with Gasteiger partial charge in [0, 0.05) is 4.90 Å². The van der Waals surface area contributed by atoms with Gasteiger partial charge in [-0.25, -0.2) is 0 Å². The Morgan fingerprint density at radius 3 is 1.75 bits per heavy atom. The zero-order valence-corrected chi connectivity index (χ0v) is 18.5. The topological polar surface area (TPSA) is 68.2 Å². The normalized spacial score (nSPS) is 25.5. The van der Waals surface area contributed by atoms with Gasteiger partial charge >= 0.3 is 0 Å². The molecule has 1 aliphatic heterocycles. The molecular formula is C26H28O5S. The van der Waals surface area contributed by atoms with Gasteiger partial charge < -0.3 is 24.4 Å². The minimum atomic E-state index is -1.02. The van der Waals surface area contributed by atoms with E-state index in [2.05, 4.69) is 0 Å². The Hall–Kier alpha value is -2.19. The Labute approximate surface area is 193 Å². The zero-order valence-electron chi connectivity index (χ0n) is 17.7. The molecular weight excluding hydrogens is 424 g/mol. The summed E-state index contributed by atoms with van der Waals surface area (Å²) in [5, 5.41) is 20.8. The first-order chi connectivity index (χ1) is 15.7. The summed E-state index contributed by atoms with van der Waals surface area (Å²) in [6, 6.07) is 29.6. The summed E-state index contributed by atoms with van der Waals surface area (Å²) < 4.78 is 18.6. The number of ether oxygens (including phenoxy) is 3. The summed E-state index contributed by atoms with van der Waals surface area (Å²) in [6.07, 6.45) is -2.97. The Kier molecular flexibility index (Phi) is 8.34. The van der Waals surface area contributed by atoms with Crippen molar-refractivity contribution in [2.24, 2.45) is 0 Å². The van der Waals surface area contributed by atoms with Crippen molar-refractivity contribution < 1.29 is 24.4 Å². The van der Waals surface area contributed by atoms with Gasteiger partial charge in [0.15, 0.2) is 0 Å². The lowest BCUT2D eigenvalue weighted by Crippen LogP contribution is -2.59. The van der Waals surface area contributed by atoms with E-state index >= 15 is 0 Å². The van der Waals surface area contributed by atoms with E-state index in [0.717, 1.165) is 16.0 Å². The van der Waals surface area contributed by atoms with Crippen LogP contribution in [-0.2, 0) is 27.4 Å². The SMILES string of the molecule is OCC1OC(Sc2ccccc2)C(OCc2ccccc2)C(OCc2ccccc2)C1O. The number of aliphatic hydroxyl groups is 2. The standard InChI is InChI=1S/C26H28O5S/c27-16-22-23(28)24(29-17-19-10-4-1-5-11-19)25(30-18-20-12-6-2-7-13-20)26(31-22)32-21-14-8-3-9-15-21/h1-15,22-28H,16-18H2. The molecule has 6 heteroatoms. The van der Waals surface area contributed by atoms with Crippen LogP contribution >= 0.6 is 11.8 Å². The molecule has 3 aromatic carbocycles. The van der Waals surface area contributed by atoms with Crippen molar-refractivity contribution in [3.8, 4) is 0 Å². The molecule has 1 heterocycles. The van der Waals surface area contributed by atoms with Crippen molar-refractivity contribution in [3.63, 3.8) is 0 Å². The summed E-state index contributed by atoms with van der Waals surface area (Å²) in [5.74, 6) is 0. The Morgan fingerprint density at radius 1 is 0.719 bits per heavy atom. The van der Waals surface area contributed by atoms with E-state index < -0.39 is 29.9 Å². The minimum Gasteiger partial charge on any atom is -0.394 e. The van der Waals surface area contributed by atoms with Gasteiger partial charge in [-0.3, -0.25) is 0 Å². The molecule has 5 nitrogen and oxygen atoms in total. The molecule has 0 saturated carbocycles. The highest BCUT2D eigenvalue weighted by Crippen LogP contribution is 2.36. The van der Waals surface area contributed by atoms with Crippen LogP contribution in [0.3, 0.4) is 0 Å². The fourth-order valence-electron chi connectivity index (χ4n) is 3.67. The lowest BCUT2D eigenvalue weighted by atomic mass is 9.99. The smallest absolute Gasteiger partial charge is 0.137 e. The number of rotatable bonds is 9. The van der Waals surface area contributed by atoms with Gasteiger partial charge in [-0.05, 0) is 23.3 Å². The molecule has 168 valence electrons. The highest BCUT2D eigenvalue weighted by Gasteiger charge is 2.47. The molecule has 1 fully saturated rings. The van der Waals surface area contributed by atoms with Crippen LogP contribution in [0.25, 0.3) is 0 Å². The summed E-state index contributed by atoms with van der Waals surface area (Å²) in [4.78, 5) is 1.01. The number of hydrogen-bond acceptors (Lipinski definition) is 6. The van der Waals surface area contributed by atoms with Crippen LogP contribution in [0.2, 0.25) is 0 Å². The van der Waals surface area contributed by atoms with Crippen LogP contribution in [-0.4, -0.2) is 46.7 Å². The van der Waals surface area contributed by atoms with Crippen LogP contribution in [0.4, 0.5) is 0 Å². The summed E-state index contributed by atoms with van der Waals surface area (Å²) in [5.41, 5.74) is 1.57.